The van der Waals surface area contributed by atoms with Crippen molar-refractivity contribution in [1.82, 2.24) is 0 Å². The van der Waals surface area contributed by atoms with Crippen LogP contribution in [-0.2, 0) is 21.6 Å². The van der Waals surface area contributed by atoms with E-state index in [-0.39, 0.29) is 18.8 Å². The van der Waals surface area contributed by atoms with Crippen molar-refractivity contribution >= 4 is 5.97 Å². The fourth-order valence-electron chi connectivity index (χ4n) is 3.26. The zero-order chi connectivity index (χ0) is 20.4. The summed E-state index contributed by atoms with van der Waals surface area (Å²) in [6.45, 7) is 2.45. The maximum atomic E-state index is 12.6. The van der Waals surface area contributed by atoms with Crippen molar-refractivity contribution in [1.29, 1.82) is 0 Å². The minimum atomic E-state index is -1.16. The van der Waals surface area contributed by atoms with Gasteiger partial charge in [-0.05, 0) is 30.4 Å². The van der Waals surface area contributed by atoms with Crippen LogP contribution in [0.1, 0.15) is 43.7 Å². The Labute approximate surface area is 167 Å². The Balaban J connectivity index is 2.04. The average molecular weight is 385 g/mol. The largest absolute Gasteiger partial charge is 0.465 e. The van der Waals surface area contributed by atoms with Crippen molar-refractivity contribution in [3.05, 3.63) is 71.8 Å². The van der Waals surface area contributed by atoms with Crippen LogP contribution in [0.4, 0.5) is 0 Å². The third-order valence-electron chi connectivity index (χ3n) is 4.84. The molecule has 2 atom stereocenters. The number of benzene rings is 2. The highest BCUT2D eigenvalue weighted by molar-refractivity contribution is 5.72. The topological polar surface area (TPSA) is 98.6 Å². The van der Waals surface area contributed by atoms with E-state index in [1.807, 2.05) is 67.6 Å². The van der Waals surface area contributed by atoms with Gasteiger partial charge in [0.2, 0.25) is 0 Å². The molecule has 0 saturated carbocycles. The molecule has 0 aliphatic rings. The highest BCUT2D eigenvalue weighted by atomic mass is 16.5. The summed E-state index contributed by atoms with van der Waals surface area (Å²) in [5.74, 6) is -0.725. The summed E-state index contributed by atoms with van der Waals surface area (Å²) in [6.07, 6.45) is 1.89. The summed E-state index contributed by atoms with van der Waals surface area (Å²) < 4.78 is 5.42. The molecule has 5 heteroatoms. The van der Waals surface area contributed by atoms with Crippen molar-refractivity contribution < 1.29 is 14.6 Å². The van der Waals surface area contributed by atoms with Gasteiger partial charge in [-0.25, -0.2) is 0 Å². The molecular formula is C23H32N2O3. The van der Waals surface area contributed by atoms with Gasteiger partial charge in [-0.15, -0.1) is 0 Å². The van der Waals surface area contributed by atoms with E-state index in [0.29, 0.717) is 13.0 Å². The van der Waals surface area contributed by atoms with Gasteiger partial charge in [-0.1, -0.05) is 74.0 Å². The second kappa shape index (κ2) is 11.0. The molecule has 0 spiro atoms. The first-order valence-corrected chi connectivity index (χ1v) is 9.94. The number of hydrogen-bond donors (Lipinski definition) is 3. The maximum absolute atomic E-state index is 12.6. The van der Waals surface area contributed by atoms with Gasteiger partial charge in [0.1, 0.15) is 0 Å². The molecule has 2 aromatic carbocycles. The van der Waals surface area contributed by atoms with E-state index >= 15 is 0 Å². The van der Waals surface area contributed by atoms with E-state index in [9.17, 15) is 9.90 Å². The number of nitrogens with two attached hydrogens (primary N) is 2. The predicted octanol–water partition coefficient (Wildman–Crippen LogP) is 3.10. The van der Waals surface area contributed by atoms with Crippen LogP contribution in [0.25, 0.3) is 0 Å². The molecule has 2 rings (SSSR count). The van der Waals surface area contributed by atoms with E-state index in [2.05, 4.69) is 0 Å². The number of carbonyl (C=O) groups excluding carboxylic acids is 1. The minimum absolute atomic E-state index is 0.157. The Morgan fingerprint density at radius 3 is 2.29 bits per heavy atom. The molecule has 0 heterocycles. The molecular weight excluding hydrogens is 352 g/mol. The maximum Gasteiger partial charge on any atom is 0.309 e. The molecule has 0 saturated heterocycles. The van der Waals surface area contributed by atoms with Gasteiger partial charge in [0, 0.05) is 6.42 Å². The van der Waals surface area contributed by atoms with Gasteiger partial charge in [-0.2, -0.15) is 0 Å². The molecule has 2 aromatic rings. The average Bonchev–Trinajstić information content (AvgIpc) is 2.68. The molecule has 28 heavy (non-hydrogen) atoms. The molecule has 0 aromatic heterocycles. The quantitative estimate of drug-likeness (QED) is 0.314. The van der Waals surface area contributed by atoms with Gasteiger partial charge in [0.25, 0.3) is 0 Å². The predicted molar refractivity (Wildman–Crippen MR) is 111 cm³/mol. The molecule has 0 bridgehead atoms. The van der Waals surface area contributed by atoms with Crippen LogP contribution in [0.2, 0.25) is 0 Å². The number of hydrogen-bond acceptors (Lipinski definition) is 5. The zero-order valence-corrected chi connectivity index (χ0v) is 16.6. The van der Waals surface area contributed by atoms with Crippen molar-refractivity contribution in [2.45, 2.75) is 50.8 Å². The van der Waals surface area contributed by atoms with Crippen molar-refractivity contribution in [3.8, 4) is 0 Å². The number of aliphatic hydroxyl groups is 1. The van der Waals surface area contributed by atoms with Crippen molar-refractivity contribution in [2.24, 2.45) is 17.4 Å². The second-order valence-electron chi connectivity index (χ2n) is 7.41. The zero-order valence-electron chi connectivity index (χ0n) is 16.6. The van der Waals surface area contributed by atoms with Gasteiger partial charge in [0.15, 0.2) is 0 Å². The van der Waals surface area contributed by atoms with Gasteiger partial charge >= 0.3 is 5.97 Å². The van der Waals surface area contributed by atoms with E-state index in [4.69, 9.17) is 16.2 Å². The van der Waals surface area contributed by atoms with Crippen LogP contribution in [0.15, 0.2) is 60.7 Å². The lowest BCUT2D eigenvalue weighted by Crippen LogP contribution is -2.48. The number of rotatable bonds is 11. The van der Waals surface area contributed by atoms with E-state index in [0.717, 1.165) is 24.0 Å². The Hall–Kier alpha value is -2.21. The summed E-state index contributed by atoms with van der Waals surface area (Å²) in [7, 11) is 0. The number of carbonyl (C=O) groups is 1. The fraction of sp³-hybridized carbons (Fsp3) is 0.435. The summed E-state index contributed by atoms with van der Waals surface area (Å²) in [5, 5.41) is 10.6. The second-order valence-corrected chi connectivity index (χ2v) is 7.41. The first-order valence-electron chi connectivity index (χ1n) is 9.94. The fourth-order valence-corrected chi connectivity index (χ4v) is 3.26. The molecule has 5 nitrogen and oxygen atoms in total. The molecule has 0 fully saturated rings. The third kappa shape index (κ3) is 7.08. The number of unbranched alkanes of at least 4 members (excludes halogenated alkanes) is 1. The lowest BCUT2D eigenvalue weighted by Gasteiger charge is -2.29. The lowest BCUT2D eigenvalue weighted by molar-refractivity contribution is -0.150. The first-order chi connectivity index (χ1) is 13.4. The van der Waals surface area contributed by atoms with E-state index in [1.165, 1.54) is 0 Å². The molecule has 0 aliphatic carbocycles. The number of esters is 1. The standard InChI is InChI=1S/C23H32N2O3/c1-2-3-14-28-22(27)19(15-18-10-6-4-7-11-18)16-21(26)17-23(24,25)20-12-8-5-9-13-20/h4-13,19,21,26H,2-3,14-17,24-25H2,1H3. The normalized spacial score (nSPS) is 13.7. The minimum Gasteiger partial charge on any atom is -0.465 e. The van der Waals surface area contributed by atoms with E-state index < -0.39 is 17.7 Å². The third-order valence-corrected chi connectivity index (χ3v) is 4.84. The molecule has 0 radical (unpaired) electrons. The summed E-state index contributed by atoms with van der Waals surface area (Å²) in [5.41, 5.74) is 13.1. The smallest absolute Gasteiger partial charge is 0.309 e. The van der Waals surface area contributed by atoms with Gasteiger partial charge in [-0.3, -0.25) is 4.79 Å². The monoisotopic (exact) mass is 384 g/mol. The van der Waals surface area contributed by atoms with Gasteiger partial charge < -0.3 is 21.3 Å². The summed E-state index contributed by atoms with van der Waals surface area (Å²) >= 11 is 0. The number of ether oxygens (including phenoxy) is 1. The molecule has 0 aliphatic heterocycles. The first kappa shape index (κ1) is 22.1. The summed E-state index contributed by atoms with van der Waals surface area (Å²) in [6, 6.07) is 19.0. The Morgan fingerprint density at radius 1 is 1.07 bits per heavy atom. The Morgan fingerprint density at radius 2 is 1.68 bits per heavy atom. The SMILES string of the molecule is CCCCOC(=O)C(Cc1ccccc1)CC(O)CC(N)(N)c1ccccc1. The molecule has 152 valence electrons. The van der Waals surface area contributed by atoms with Gasteiger partial charge in [0.05, 0.1) is 24.3 Å². The van der Waals surface area contributed by atoms with Crippen LogP contribution in [0.3, 0.4) is 0 Å². The molecule has 0 amide bonds. The lowest BCUT2D eigenvalue weighted by atomic mass is 9.88. The Kier molecular flexibility index (Phi) is 8.64. The summed E-state index contributed by atoms with van der Waals surface area (Å²) in [4.78, 5) is 12.6. The van der Waals surface area contributed by atoms with Crippen molar-refractivity contribution in [3.63, 3.8) is 0 Å². The van der Waals surface area contributed by atoms with Crippen LogP contribution in [0.5, 0.6) is 0 Å². The number of aliphatic hydroxyl groups excluding tert-OH is 1. The van der Waals surface area contributed by atoms with E-state index in [1.54, 1.807) is 0 Å². The van der Waals surface area contributed by atoms with Crippen LogP contribution in [-0.4, -0.2) is 23.8 Å². The Bertz CT molecular complexity index is 704. The highest BCUT2D eigenvalue weighted by Crippen LogP contribution is 2.23. The van der Waals surface area contributed by atoms with Crippen LogP contribution >= 0.6 is 0 Å². The highest BCUT2D eigenvalue weighted by Gasteiger charge is 2.30. The molecule has 5 N–H and O–H groups in total. The van der Waals surface area contributed by atoms with Crippen LogP contribution in [0, 0.1) is 5.92 Å². The molecule has 2 unspecified atom stereocenters. The van der Waals surface area contributed by atoms with Crippen LogP contribution < -0.4 is 11.5 Å². The van der Waals surface area contributed by atoms with Crippen molar-refractivity contribution in [2.75, 3.05) is 6.61 Å².